The van der Waals surface area contributed by atoms with Crippen LogP contribution in [0.4, 0.5) is 0 Å². The maximum Gasteiger partial charge on any atom is 0.155 e. The molecular formula is C20H22N6O4S. The molecule has 2 aromatic carbocycles. The second kappa shape index (κ2) is 10.8. The van der Waals surface area contributed by atoms with Gasteiger partial charge in [0.15, 0.2) is 9.84 Å². The second-order valence-electron chi connectivity index (χ2n) is 7.14. The van der Waals surface area contributed by atoms with Crippen molar-refractivity contribution < 1.29 is 17.9 Å². The van der Waals surface area contributed by atoms with Crippen LogP contribution in [0.5, 0.6) is 0 Å². The van der Waals surface area contributed by atoms with Crippen molar-refractivity contribution >= 4 is 9.84 Å². The van der Waals surface area contributed by atoms with Crippen LogP contribution in [0.25, 0.3) is 20.9 Å². The summed E-state index contributed by atoms with van der Waals surface area (Å²) in [5, 5.41) is 7.51. The summed E-state index contributed by atoms with van der Waals surface area (Å²) in [7, 11) is -3.65. The highest BCUT2D eigenvalue weighted by molar-refractivity contribution is 7.91. The van der Waals surface area contributed by atoms with Crippen LogP contribution < -0.4 is 0 Å². The summed E-state index contributed by atoms with van der Waals surface area (Å²) in [6, 6.07) is 16.3. The number of sulfone groups is 1. The fourth-order valence-electron chi connectivity index (χ4n) is 3.46. The summed E-state index contributed by atoms with van der Waals surface area (Å²) in [5.41, 5.74) is 19.9. The first-order valence-corrected chi connectivity index (χ1v) is 11.4. The molecule has 0 saturated carbocycles. The van der Waals surface area contributed by atoms with Crippen molar-refractivity contribution in [3.63, 3.8) is 0 Å². The molecule has 1 aliphatic heterocycles. The third-order valence-electron chi connectivity index (χ3n) is 4.93. The molecular weight excluding hydrogens is 420 g/mol. The Kier molecular flexibility index (Phi) is 7.88. The van der Waals surface area contributed by atoms with E-state index >= 15 is 0 Å². The quantitative estimate of drug-likeness (QED) is 0.345. The minimum Gasteiger partial charge on any atom is -0.372 e. The molecule has 0 unspecified atom stereocenters. The molecule has 0 amide bonds. The lowest BCUT2D eigenvalue weighted by Gasteiger charge is -2.28. The van der Waals surface area contributed by atoms with Gasteiger partial charge >= 0.3 is 0 Å². The maximum absolute atomic E-state index is 12.8. The summed E-state index contributed by atoms with van der Waals surface area (Å²) in [4.78, 5) is 5.70. The fourth-order valence-corrected chi connectivity index (χ4v) is 5.18. The van der Waals surface area contributed by atoms with Gasteiger partial charge in [-0.2, -0.15) is 0 Å². The van der Waals surface area contributed by atoms with Gasteiger partial charge in [0.05, 0.1) is 49.0 Å². The molecule has 2 aromatic rings. The number of hydrogen-bond donors (Lipinski definition) is 0. The Morgan fingerprint density at radius 1 is 0.774 bits per heavy atom. The van der Waals surface area contributed by atoms with E-state index in [-0.39, 0.29) is 24.7 Å². The molecule has 0 bridgehead atoms. The van der Waals surface area contributed by atoms with E-state index in [9.17, 15) is 8.42 Å². The Morgan fingerprint density at radius 3 is 1.52 bits per heavy atom. The van der Waals surface area contributed by atoms with E-state index < -0.39 is 34.1 Å². The zero-order valence-corrected chi connectivity index (χ0v) is 17.5. The average Bonchev–Trinajstić information content (AvgIpc) is 2.87. The van der Waals surface area contributed by atoms with Crippen molar-refractivity contribution in [3.05, 3.63) is 92.7 Å². The number of ether oxygens (including phenoxy) is 2. The summed E-state index contributed by atoms with van der Waals surface area (Å²) < 4.78 is 37.3. The van der Waals surface area contributed by atoms with E-state index in [0.717, 1.165) is 11.1 Å². The van der Waals surface area contributed by atoms with Crippen LogP contribution in [-0.2, 0) is 32.5 Å². The third-order valence-corrected chi connectivity index (χ3v) is 6.60. The summed E-state index contributed by atoms with van der Waals surface area (Å²) in [6.45, 7) is 0.244. The fraction of sp³-hybridized carbons (Fsp3) is 0.400. The summed E-state index contributed by atoms with van der Waals surface area (Å²) >= 11 is 0. The van der Waals surface area contributed by atoms with Gasteiger partial charge in [0.25, 0.3) is 0 Å². The third kappa shape index (κ3) is 6.45. The van der Waals surface area contributed by atoms with E-state index in [1.807, 2.05) is 60.7 Å². The van der Waals surface area contributed by atoms with Gasteiger partial charge in [-0.3, -0.25) is 0 Å². The van der Waals surface area contributed by atoms with E-state index in [1.54, 1.807) is 0 Å². The number of rotatable bonds is 8. The molecule has 0 radical (unpaired) electrons. The Morgan fingerprint density at radius 2 is 1.16 bits per heavy atom. The first-order chi connectivity index (χ1) is 15.0. The van der Waals surface area contributed by atoms with E-state index in [1.165, 1.54) is 0 Å². The molecule has 0 aliphatic carbocycles. The maximum atomic E-state index is 12.8. The van der Waals surface area contributed by atoms with Crippen molar-refractivity contribution in [2.75, 3.05) is 11.5 Å². The van der Waals surface area contributed by atoms with Gasteiger partial charge in [-0.15, -0.1) is 0 Å². The smallest absolute Gasteiger partial charge is 0.155 e. The Bertz CT molecular complexity index is 974. The molecule has 162 valence electrons. The van der Waals surface area contributed by atoms with Crippen molar-refractivity contribution in [2.45, 2.75) is 37.5 Å². The molecule has 1 aliphatic rings. The lowest BCUT2D eigenvalue weighted by atomic mass is 10.00. The van der Waals surface area contributed by atoms with Crippen LogP contribution in [0.15, 0.2) is 70.9 Å². The molecule has 1 fully saturated rings. The standard InChI is InChI=1S/C20H22N6O4S/c21-25-23-19-17(29-11-15-7-3-1-4-8-15)13-31(27,28)14-18(20(19)24-26-22)30-12-16-9-5-2-6-10-16/h1-10,17-20H,11-14H2/t17-,18-,19+,20+/m1/s1. The van der Waals surface area contributed by atoms with Crippen molar-refractivity contribution in [3.8, 4) is 0 Å². The Hall–Kier alpha value is -3.07. The SMILES string of the molecule is [N-]=[N+]=N[C@@H]1[C@@H](N=[N+]=[N-])[C@H](OCc2ccccc2)CS(=O)(=O)C[C@H]1OCc1ccccc1. The van der Waals surface area contributed by atoms with E-state index in [4.69, 9.17) is 20.5 Å². The monoisotopic (exact) mass is 442 g/mol. The van der Waals surface area contributed by atoms with Crippen molar-refractivity contribution in [2.24, 2.45) is 10.2 Å². The molecule has 1 heterocycles. The first kappa shape index (κ1) is 22.6. The van der Waals surface area contributed by atoms with Crippen LogP contribution in [-0.4, -0.2) is 44.2 Å². The van der Waals surface area contributed by atoms with Crippen LogP contribution in [0.1, 0.15) is 11.1 Å². The molecule has 1 saturated heterocycles. The van der Waals surface area contributed by atoms with E-state index in [0.29, 0.717) is 0 Å². The Balaban J connectivity index is 1.87. The largest absolute Gasteiger partial charge is 0.372 e. The topological polar surface area (TPSA) is 150 Å². The highest BCUT2D eigenvalue weighted by atomic mass is 32.2. The normalized spacial score (nSPS) is 24.9. The highest BCUT2D eigenvalue weighted by Crippen LogP contribution is 2.26. The van der Waals surface area contributed by atoms with Crippen molar-refractivity contribution in [1.82, 2.24) is 0 Å². The zero-order chi connectivity index (χ0) is 22.1. The zero-order valence-electron chi connectivity index (χ0n) is 16.6. The molecule has 0 N–H and O–H groups in total. The van der Waals surface area contributed by atoms with Crippen LogP contribution in [0.2, 0.25) is 0 Å². The summed E-state index contributed by atoms with van der Waals surface area (Å²) in [5.74, 6) is -0.738. The molecule has 31 heavy (non-hydrogen) atoms. The first-order valence-electron chi connectivity index (χ1n) is 9.62. The molecule has 4 atom stereocenters. The highest BCUT2D eigenvalue weighted by Gasteiger charge is 2.43. The van der Waals surface area contributed by atoms with E-state index in [2.05, 4.69) is 20.1 Å². The number of hydrogen-bond acceptors (Lipinski definition) is 6. The molecule has 11 heteroatoms. The van der Waals surface area contributed by atoms with Gasteiger partial charge in [0.1, 0.15) is 0 Å². The number of azide groups is 2. The molecule has 10 nitrogen and oxygen atoms in total. The predicted molar refractivity (Wildman–Crippen MR) is 115 cm³/mol. The minimum absolute atomic E-state index is 0.122. The lowest BCUT2D eigenvalue weighted by Crippen LogP contribution is -2.43. The number of benzene rings is 2. The van der Waals surface area contributed by atoms with Gasteiger partial charge < -0.3 is 9.47 Å². The summed E-state index contributed by atoms with van der Waals surface area (Å²) in [6.07, 6.45) is -1.97. The van der Waals surface area contributed by atoms with Crippen LogP contribution >= 0.6 is 0 Å². The molecule has 3 rings (SSSR count). The molecule has 0 aromatic heterocycles. The van der Waals surface area contributed by atoms with Gasteiger partial charge in [0.2, 0.25) is 0 Å². The van der Waals surface area contributed by atoms with Gasteiger partial charge in [-0.25, -0.2) is 8.42 Å². The van der Waals surface area contributed by atoms with Gasteiger partial charge in [-0.05, 0) is 22.2 Å². The van der Waals surface area contributed by atoms with Crippen LogP contribution in [0, 0.1) is 0 Å². The Labute approximate surface area is 180 Å². The minimum atomic E-state index is -3.65. The van der Waals surface area contributed by atoms with Gasteiger partial charge in [-0.1, -0.05) is 70.9 Å². The lowest BCUT2D eigenvalue weighted by molar-refractivity contribution is -0.00162. The molecule has 0 spiro atoms. The predicted octanol–water partition coefficient (Wildman–Crippen LogP) is 3.94. The van der Waals surface area contributed by atoms with Crippen molar-refractivity contribution in [1.29, 1.82) is 0 Å². The van der Waals surface area contributed by atoms with Crippen LogP contribution in [0.3, 0.4) is 0 Å². The second-order valence-corrected chi connectivity index (χ2v) is 9.29. The average molecular weight is 443 g/mol. The number of nitrogens with zero attached hydrogens (tertiary/aromatic N) is 6. The van der Waals surface area contributed by atoms with Gasteiger partial charge in [0, 0.05) is 9.82 Å².